The number of benzene rings is 1. The third-order valence-electron chi connectivity index (χ3n) is 4.50. The number of carbonyl (C=O) groups excluding carboxylic acids is 1. The SMILES string of the molecule is CC(C)(C)C(CO)(C(=O)c1cccc(N)c1O)C(C)(C)C. The number of para-hydroxylation sites is 1. The topological polar surface area (TPSA) is 83.5 Å². The lowest BCUT2D eigenvalue weighted by Crippen LogP contribution is -2.54. The highest BCUT2D eigenvalue weighted by atomic mass is 16.3. The highest BCUT2D eigenvalue weighted by Crippen LogP contribution is 2.54. The molecule has 4 nitrogen and oxygen atoms in total. The Morgan fingerprint density at radius 2 is 1.57 bits per heavy atom. The molecule has 0 radical (unpaired) electrons. The van der Waals surface area contributed by atoms with Crippen LogP contribution in [0.3, 0.4) is 0 Å². The molecule has 0 amide bonds. The molecule has 0 fully saturated rings. The van der Waals surface area contributed by atoms with Crippen molar-refractivity contribution in [1.29, 1.82) is 0 Å². The molecule has 0 aliphatic rings. The van der Waals surface area contributed by atoms with Crippen LogP contribution in [0.25, 0.3) is 0 Å². The summed E-state index contributed by atoms with van der Waals surface area (Å²) in [6.07, 6.45) is 0. The average Bonchev–Trinajstić information content (AvgIpc) is 2.30. The minimum atomic E-state index is -1.04. The number of Topliss-reactive ketones (excluding diaryl/α,β-unsaturated/α-hetero) is 1. The number of carbonyl (C=O) groups is 1. The zero-order valence-electron chi connectivity index (χ0n) is 13.8. The van der Waals surface area contributed by atoms with Crippen LogP contribution < -0.4 is 5.73 Å². The average molecular weight is 293 g/mol. The smallest absolute Gasteiger partial charge is 0.176 e. The first-order valence-electron chi connectivity index (χ1n) is 7.13. The van der Waals surface area contributed by atoms with Gasteiger partial charge in [-0.15, -0.1) is 0 Å². The summed E-state index contributed by atoms with van der Waals surface area (Å²) in [4.78, 5) is 13.2. The minimum absolute atomic E-state index is 0.161. The van der Waals surface area contributed by atoms with Crippen LogP contribution in [0.15, 0.2) is 18.2 Å². The Kier molecular flexibility index (Phi) is 4.45. The summed E-state index contributed by atoms with van der Waals surface area (Å²) in [5, 5.41) is 20.2. The number of phenolic OH excluding ortho intramolecular Hbond substituents is 1. The number of hydrogen-bond donors (Lipinski definition) is 3. The van der Waals surface area contributed by atoms with E-state index >= 15 is 0 Å². The van der Waals surface area contributed by atoms with Gasteiger partial charge in [-0.25, -0.2) is 0 Å². The van der Waals surface area contributed by atoms with Crippen molar-refractivity contribution in [1.82, 2.24) is 0 Å². The van der Waals surface area contributed by atoms with Gasteiger partial charge in [-0.05, 0) is 23.0 Å². The van der Waals surface area contributed by atoms with Crippen molar-refractivity contribution in [2.75, 3.05) is 12.3 Å². The highest BCUT2D eigenvalue weighted by molar-refractivity contribution is 6.05. The number of aromatic hydroxyl groups is 1. The predicted molar refractivity (Wildman–Crippen MR) is 85.3 cm³/mol. The second kappa shape index (κ2) is 5.34. The van der Waals surface area contributed by atoms with Gasteiger partial charge in [0.1, 0.15) is 5.75 Å². The van der Waals surface area contributed by atoms with E-state index in [2.05, 4.69) is 0 Å². The Morgan fingerprint density at radius 1 is 1.10 bits per heavy atom. The van der Waals surface area contributed by atoms with Crippen LogP contribution in [0, 0.1) is 16.2 Å². The van der Waals surface area contributed by atoms with Gasteiger partial charge in [-0.2, -0.15) is 0 Å². The molecule has 0 atom stereocenters. The fraction of sp³-hybridized carbons (Fsp3) is 0.588. The van der Waals surface area contributed by atoms with Crippen LogP contribution >= 0.6 is 0 Å². The van der Waals surface area contributed by atoms with Gasteiger partial charge in [0.2, 0.25) is 0 Å². The number of rotatable bonds is 3. The lowest BCUT2D eigenvalue weighted by atomic mass is 9.51. The Labute approximate surface area is 127 Å². The Hall–Kier alpha value is -1.55. The maximum atomic E-state index is 13.2. The van der Waals surface area contributed by atoms with Gasteiger partial charge in [0.25, 0.3) is 0 Å². The predicted octanol–water partition coefficient (Wildman–Crippen LogP) is 3.23. The van der Waals surface area contributed by atoms with Gasteiger partial charge in [-0.1, -0.05) is 47.6 Å². The zero-order chi connectivity index (χ0) is 16.6. The van der Waals surface area contributed by atoms with E-state index in [1.54, 1.807) is 18.2 Å². The number of nitrogen functional groups attached to an aromatic ring is 1. The molecular weight excluding hydrogens is 266 g/mol. The third kappa shape index (κ3) is 2.64. The Bertz CT molecular complexity index is 522. The largest absolute Gasteiger partial charge is 0.505 e. The minimum Gasteiger partial charge on any atom is -0.505 e. The fourth-order valence-corrected chi connectivity index (χ4v) is 3.33. The Morgan fingerprint density at radius 3 is 1.95 bits per heavy atom. The first-order valence-corrected chi connectivity index (χ1v) is 7.13. The summed E-state index contributed by atoms with van der Waals surface area (Å²) >= 11 is 0. The number of nitrogens with two attached hydrogens (primary N) is 1. The van der Waals surface area contributed by atoms with Crippen LogP contribution in [-0.4, -0.2) is 22.6 Å². The molecule has 4 heteroatoms. The summed E-state index contributed by atoms with van der Waals surface area (Å²) < 4.78 is 0. The van der Waals surface area contributed by atoms with E-state index in [0.717, 1.165) is 0 Å². The quantitative estimate of drug-likeness (QED) is 0.454. The molecule has 0 aliphatic carbocycles. The van der Waals surface area contributed by atoms with E-state index in [1.807, 2.05) is 41.5 Å². The maximum Gasteiger partial charge on any atom is 0.176 e. The molecule has 0 saturated heterocycles. The van der Waals surface area contributed by atoms with Crippen molar-refractivity contribution in [2.45, 2.75) is 41.5 Å². The number of hydrogen-bond acceptors (Lipinski definition) is 4. The summed E-state index contributed by atoms with van der Waals surface area (Å²) in [6, 6.07) is 4.73. The molecular formula is C17H27NO3. The van der Waals surface area contributed by atoms with Crippen molar-refractivity contribution < 1.29 is 15.0 Å². The number of anilines is 1. The first-order chi connectivity index (χ1) is 9.40. The molecule has 1 aromatic rings. The maximum absolute atomic E-state index is 13.2. The van der Waals surface area contributed by atoms with Gasteiger partial charge in [-0.3, -0.25) is 4.79 Å². The van der Waals surface area contributed by atoms with E-state index in [4.69, 9.17) is 5.73 Å². The second-order valence-electron chi connectivity index (χ2n) is 7.64. The van der Waals surface area contributed by atoms with Crippen LogP contribution in [0.5, 0.6) is 5.75 Å². The molecule has 0 spiro atoms. The van der Waals surface area contributed by atoms with Crippen molar-refractivity contribution in [3.63, 3.8) is 0 Å². The van der Waals surface area contributed by atoms with Crippen LogP contribution in [-0.2, 0) is 0 Å². The van der Waals surface area contributed by atoms with Gasteiger partial charge in [0.05, 0.1) is 23.3 Å². The monoisotopic (exact) mass is 293 g/mol. The number of ketones is 1. The Balaban J connectivity index is 3.62. The van der Waals surface area contributed by atoms with Gasteiger partial charge >= 0.3 is 0 Å². The molecule has 4 N–H and O–H groups in total. The number of aliphatic hydroxyl groups excluding tert-OH is 1. The van der Waals surface area contributed by atoms with Crippen LogP contribution in [0.4, 0.5) is 5.69 Å². The lowest BCUT2D eigenvalue weighted by molar-refractivity contribution is -0.0469. The van der Waals surface area contributed by atoms with Crippen molar-refractivity contribution in [2.24, 2.45) is 16.2 Å². The van der Waals surface area contributed by atoms with Crippen molar-refractivity contribution >= 4 is 11.5 Å². The zero-order valence-corrected chi connectivity index (χ0v) is 13.8. The van der Waals surface area contributed by atoms with Crippen LogP contribution in [0.2, 0.25) is 0 Å². The second-order valence-corrected chi connectivity index (χ2v) is 7.64. The third-order valence-corrected chi connectivity index (χ3v) is 4.50. The first kappa shape index (κ1) is 17.5. The van der Waals surface area contributed by atoms with Crippen molar-refractivity contribution in [3.05, 3.63) is 23.8 Å². The van der Waals surface area contributed by atoms with Gasteiger partial charge in [0.15, 0.2) is 5.78 Å². The highest BCUT2D eigenvalue weighted by Gasteiger charge is 2.56. The summed E-state index contributed by atoms with van der Waals surface area (Å²) in [5.74, 6) is -0.497. The molecule has 21 heavy (non-hydrogen) atoms. The normalized spacial score (nSPS) is 13.3. The lowest BCUT2D eigenvalue weighted by Gasteiger charge is -2.51. The molecule has 1 aromatic carbocycles. The molecule has 0 aromatic heterocycles. The van der Waals surface area contributed by atoms with E-state index in [0.29, 0.717) is 0 Å². The molecule has 0 unspecified atom stereocenters. The molecule has 0 bridgehead atoms. The van der Waals surface area contributed by atoms with E-state index in [1.165, 1.54) is 0 Å². The van der Waals surface area contributed by atoms with Crippen LogP contribution in [0.1, 0.15) is 51.9 Å². The molecule has 0 heterocycles. The number of phenols is 1. The summed E-state index contributed by atoms with van der Waals surface area (Å²) in [6.45, 7) is 11.3. The molecule has 0 aliphatic heterocycles. The van der Waals surface area contributed by atoms with Gasteiger partial charge in [0, 0.05) is 0 Å². The number of aliphatic hydroxyl groups is 1. The molecule has 118 valence electrons. The molecule has 0 saturated carbocycles. The van der Waals surface area contributed by atoms with Gasteiger partial charge < -0.3 is 15.9 Å². The standard InChI is InChI=1S/C17H27NO3/c1-15(2,3)17(10-19,16(4,5)6)14(21)11-8-7-9-12(18)13(11)20/h7-9,19-20H,10,18H2,1-6H3. The summed E-state index contributed by atoms with van der Waals surface area (Å²) in [5.41, 5.74) is 4.00. The fourth-order valence-electron chi connectivity index (χ4n) is 3.33. The van der Waals surface area contributed by atoms with E-state index in [-0.39, 0.29) is 29.4 Å². The molecule has 1 rings (SSSR count). The summed E-state index contributed by atoms with van der Waals surface area (Å²) in [7, 11) is 0. The van der Waals surface area contributed by atoms with Crippen molar-refractivity contribution in [3.8, 4) is 5.75 Å². The van der Waals surface area contributed by atoms with E-state index < -0.39 is 16.2 Å². The van der Waals surface area contributed by atoms with E-state index in [9.17, 15) is 15.0 Å².